The van der Waals surface area contributed by atoms with Gasteiger partial charge in [0.05, 0.1) is 12.7 Å². The van der Waals surface area contributed by atoms with Crippen molar-refractivity contribution in [1.82, 2.24) is 0 Å². The molecule has 0 aliphatic carbocycles. The molecule has 15 heavy (non-hydrogen) atoms. The third-order valence-corrected chi connectivity index (χ3v) is 2.25. The quantitative estimate of drug-likeness (QED) is 0.450. The van der Waals surface area contributed by atoms with Crippen LogP contribution in [0.3, 0.4) is 0 Å². The zero-order chi connectivity index (χ0) is 11.6. The largest absolute Gasteiger partial charge is 0.394 e. The van der Waals surface area contributed by atoms with Crippen LogP contribution in [0, 0.1) is 0 Å². The van der Waals surface area contributed by atoms with E-state index in [4.69, 9.17) is 14.6 Å². The first-order valence-electron chi connectivity index (χ1n) is 4.93. The molecule has 6 nitrogen and oxygen atoms in total. The predicted octanol–water partition coefficient (Wildman–Crippen LogP) is -1.79. The summed E-state index contributed by atoms with van der Waals surface area (Å²) in [6, 6.07) is 0. The minimum absolute atomic E-state index is 0.188. The third kappa shape index (κ3) is 2.87. The molecule has 1 fully saturated rings. The van der Waals surface area contributed by atoms with E-state index in [1.54, 1.807) is 13.8 Å². The van der Waals surface area contributed by atoms with Gasteiger partial charge in [0, 0.05) is 0 Å². The van der Waals surface area contributed by atoms with Crippen LogP contribution in [0.25, 0.3) is 0 Å². The molecule has 0 amide bonds. The molecule has 0 aromatic rings. The molecule has 5 atom stereocenters. The van der Waals surface area contributed by atoms with Crippen LogP contribution in [-0.2, 0) is 9.47 Å². The number of aliphatic hydroxyl groups excluding tert-OH is 4. The fourth-order valence-electron chi connectivity index (χ4n) is 1.45. The minimum Gasteiger partial charge on any atom is -0.394 e. The van der Waals surface area contributed by atoms with E-state index in [-0.39, 0.29) is 6.10 Å². The monoisotopic (exact) mass is 222 g/mol. The van der Waals surface area contributed by atoms with Crippen LogP contribution in [0.1, 0.15) is 13.8 Å². The lowest BCUT2D eigenvalue weighted by atomic mass is 9.99. The van der Waals surface area contributed by atoms with Gasteiger partial charge in [0.15, 0.2) is 6.29 Å². The number of hydrogen-bond acceptors (Lipinski definition) is 6. The van der Waals surface area contributed by atoms with E-state index in [2.05, 4.69) is 0 Å². The summed E-state index contributed by atoms with van der Waals surface area (Å²) in [6.45, 7) is 3.06. The second-order valence-electron chi connectivity index (χ2n) is 3.88. The first-order valence-corrected chi connectivity index (χ1v) is 4.93. The van der Waals surface area contributed by atoms with Crippen molar-refractivity contribution in [3.63, 3.8) is 0 Å². The van der Waals surface area contributed by atoms with Gasteiger partial charge in [-0.25, -0.2) is 0 Å². The molecule has 1 aliphatic rings. The Hall–Kier alpha value is -0.240. The van der Waals surface area contributed by atoms with Crippen molar-refractivity contribution in [3.05, 3.63) is 0 Å². The van der Waals surface area contributed by atoms with E-state index < -0.39 is 37.3 Å². The lowest BCUT2D eigenvalue weighted by Crippen LogP contribution is -2.59. The average molecular weight is 222 g/mol. The molecular formula is C9H18O6. The SMILES string of the molecule is CC(C)OC1OC(CO)[C@H](O)[C@H](O)[C@H]1O. The summed E-state index contributed by atoms with van der Waals surface area (Å²) in [7, 11) is 0. The maximum Gasteiger partial charge on any atom is 0.186 e. The Kier molecular flexibility index (Phi) is 4.45. The Bertz CT molecular complexity index is 195. The molecule has 1 aliphatic heterocycles. The summed E-state index contributed by atoms with van der Waals surface area (Å²) in [5.41, 5.74) is 0. The highest BCUT2D eigenvalue weighted by molar-refractivity contribution is 4.88. The Morgan fingerprint density at radius 3 is 2.20 bits per heavy atom. The molecule has 0 aromatic heterocycles. The van der Waals surface area contributed by atoms with Gasteiger partial charge in [0.1, 0.15) is 24.4 Å². The van der Waals surface area contributed by atoms with Crippen LogP contribution in [0.15, 0.2) is 0 Å². The van der Waals surface area contributed by atoms with Gasteiger partial charge in [-0.05, 0) is 13.8 Å². The Morgan fingerprint density at radius 2 is 1.73 bits per heavy atom. The molecule has 1 saturated heterocycles. The standard InChI is InChI=1S/C9H18O6/c1-4(2)14-9-8(13)7(12)6(11)5(3-10)15-9/h4-13H,3H2,1-2H3/t5?,6-,7-,8+,9?/m0/s1. The molecule has 0 aromatic carbocycles. The van der Waals surface area contributed by atoms with Crippen LogP contribution in [0.2, 0.25) is 0 Å². The topological polar surface area (TPSA) is 99.4 Å². The molecule has 90 valence electrons. The van der Waals surface area contributed by atoms with Gasteiger partial charge in [-0.2, -0.15) is 0 Å². The maximum atomic E-state index is 9.53. The van der Waals surface area contributed by atoms with Crippen molar-refractivity contribution in [2.75, 3.05) is 6.61 Å². The van der Waals surface area contributed by atoms with Gasteiger partial charge < -0.3 is 29.9 Å². The first kappa shape index (κ1) is 12.8. The Balaban J connectivity index is 2.65. The van der Waals surface area contributed by atoms with Crippen LogP contribution < -0.4 is 0 Å². The van der Waals surface area contributed by atoms with Gasteiger partial charge in [-0.15, -0.1) is 0 Å². The first-order chi connectivity index (χ1) is 6.97. The molecule has 1 rings (SSSR count). The van der Waals surface area contributed by atoms with Gasteiger partial charge in [-0.3, -0.25) is 0 Å². The summed E-state index contributed by atoms with van der Waals surface area (Å²) < 4.78 is 10.3. The van der Waals surface area contributed by atoms with Crippen LogP contribution in [0.5, 0.6) is 0 Å². The zero-order valence-electron chi connectivity index (χ0n) is 8.78. The van der Waals surface area contributed by atoms with Gasteiger partial charge in [0.25, 0.3) is 0 Å². The Morgan fingerprint density at radius 1 is 1.13 bits per heavy atom. The smallest absolute Gasteiger partial charge is 0.186 e. The maximum absolute atomic E-state index is 9.53. The summed E-state index contributed by atoms with van der Waals surface area (Å²) in [5, 5.41) is 37.3. The molecule has 6 heteroatoms. The molecule has 0 bridgehead atoms. The highest BCUT2D eigenvalue weighted by Crippen LogP contribution is 2.22. The fourth-order valence-corrected chi connectivity index (χ4v) is 1.45. The highest BCUT2D eigenvalue weighted by Gasteiger charge is 2.44. The summed E-state index contributed by atoms with van der Waals surface area (Å²) in [6.07, 6.45) is -6.15. The van der Waals surface area contributed by atoms with Crippen molar-refractivity contribution in [3.8, 4) is 0 Å². The Labute approximate surface area is 88.1 Å². The molecule has 4 N–H and O–H groups in total. The van der Waals surface area contributed by atoms with Crippen molar-refractivity contribution in [2.24, 2.45) is 0 Å². The lowest BCUT2D eigenvalue weighted by Gasteiger charge is -2.40. The van der Waals surface area contributed by atoms with E-state index in [0.717, 1.165) is 0 Å². The summed E-state index contributed by atoms with van der Waals surface area (Å²) in [5.74, 6) is 0. The van der Waals surface area contributed by atoms with Crippen LogP contribution in [-0.4, -0.2) is 63.8 Å². The minimum atomic E-state index is -1.38. The van der Waals surface area contributed by atoms with E-state index in [1.807, 2.05) is 0 Å². The van der Waals surface area contributed by atoms with E-state index in [1.165, 1.54) is 0 Å². The number of aliphatic hydroxyl groups is 4. The van der Waals surface area contributed by atoms with Gasteiger partial charge >= 0.3 is 0 Å². The predicted molar refractivity (Wildman–Crippen MR) is 50.0 cm³/mol. The zero-order valence-corrected chi connectivity index (χ0v) is 8.78. The summed E-state index contributed by atoms with van der Waals surface area (Å²) in [4.78, 5) is 0. The van der Waals surface area contributed by atoms with Crippen molar-refractivity contribution < 1.29 is 29.9 Å². The van der Waals surface area contributed by atoms with Crippen LogP contribution in [0.4, 0.5) is 0 Å². The second-order valence-corrected chi connectivity index (χ2v) is 3.88. The molecule has 0 spiro atoms. The van der Waals surface area contributed by atoms with E-state index >= 15 is 0 Å². The highest BCUT2D eigenvalue weighted by atomic mass is 16.7. The second kappa shape index (κ2) is 5.20. The summed E-state index contributed by atoms with van der Waals surface area (Å²) >= 11 is 0. The van der Waals surface area contributed by atoms with Crippen molar-refractivity contribution in [1.29, 1.82) is 0 Å². The molecule has 0 saturated carbocycles. The van der Waals surface area contributed by atoms with E-state index in [0.29, 0.717) is 0 Å². The molecule has 0 radical (unpaired) electrons. The molecule has 1 heterocycles. The van der Waals surface area contributed by atoms with E-state index in [9.17, 15) is 15.3 Å². The average Bonchev–Trinajstić information content (AvgIpc) is 2.18. The lowest BCUT2D eigenvalue weighted by molar-refractivity contribution is -0.308. The number of hydrogen-bond donors (Lipinski definition) is 4. The van der Waals surface area contributed by atoms with Crippen molar-refractivity contribution in [2.45, 2.75) is 50.7 Å². The van der Waals surface area contributed by atoms with Crippen LogP contribution >= 0.6 is 0 Å². The molecule has 2 unspecified atom stereocenters. The third-order valence-electron chi connectivity index (χ3n) is 2.25. The molecular weight excluding hydrogens is 204 g/mol. The number of rotatable bonds is 3. The fraction of sp³-hybridized carbons (Fsp3) is 1.00. The van der Waals surface area contributed by atoms with Gasteiger partial charge in [0.2, 0.25) is 0 Å². The normalized spacial score (nSPS) is 42.2. The number of ether oxygens (including phenoxy) is 2. The van der Waals surface area contributed by atoms with Crippen molar-refractivity contribution >= 4 is 0 Å². The van der Waals surface area contributed by atoms with Gasteiger partial charge in [-0.1, -0.05) is 0 Å².